The van der Waals surface area contributed by atoms with E-state index in [1.54, 1.807) is 0 Å². The molecule has 0 N–H and O–H groups in total. The summed E-state index contributed by atoms with van der Waals surface area (Å²) in [6, 6.07) is 9.58. The summed E-state index contributed by atoms with van der Waals surface area (Å²) in [6.07, 6.45) is 0. The van der Waals surface area contributed by atoms with Crippen LogP contribution in [0, 0.1) is 0 Å². The maximum atomic E-state index is 6.02. The zero-order chi connectivity index (χ0) is 12.3. The number of hydrogen-bond acceptors (Lipinski definition) is 3. The molecule has 0 aliphatic rings. The Morgan fingerprint density at radius 1 is 1.00 bits per heavy atom. The highest BCUT2D eigenvalue weighted by molar-refractivity contribution is 7.22. The van der Waals surface area contributed by atoms with Crippen molar-refractivity contribution < 1.29 is 4.42 Å². The van der Waals surface area contributed by atoms with Crippen molar-refractivity contribution in [2.75, 3.05) is 0 Å². The molecule has 2 aromatic carbocycles. The molecule has 18 heavy (non-hydrogen) atoms. The minimum Gasteiger partial charge on any atom is -0.456 e. The summed E-state index contributed by atoms with van der Waals surface area (Å²) >= 11 is 13.4. The molecule has 2 heterocycles. The third-order valence-corrected chi connectivity index (χ3v) is 4.27. The largest absolute Gasteiger partial charge is 0.456 e. The molecule has 0 amide bonds. The van der Waals surface area contributed by atoms with Crippen molar-refractivity contribution in [3.63, 3.8) is 0 Å². The van der Waals surface area contributed by atoms with Crippen LogP contribution in [-0.2, 0) is 0 Å². The number of halogens is 2. The summed E-state index contributed by atoms with van der Waals surface area (Å²) in [5.41, 5.74) is 2.55. The van der Waals surface area contributed by atoms with Gasteiger partial charge >= 0.3 is 0 Å². The van der Waals surface area contributed by atoms with Gasteiger partial charge in [0, 0.05) is 21.9 Å². The highest BCUT2D eigenvalue weighted by Crippen LogP contribution is 2.35. The quantitative estimate of drug-likeness (QED) is 0.428. The molecule has 0 unspecified atom stereocenters. The minimum atomic E-state index is 0.542. The standard InChI is InChI=1S/C13H5Cl2NOS/c14-6-1-2-10-7(3-6)8-4-9-12(5-11(8)17-10)18-13(15)16-9/h1-5H. The van der Waals surface area contributed by atoms with Crippen LogP contribution < -0.4 is 0 Å². The molecule has 4 rings (SSSR count). The van der Waals surface area contributed by atoms with Gasteiger partial charge in [-0.1, -0.05) is 23.2 Å². The van der Waals surface area contributed by atoms with Gasteiger partial charge in [-0.05, 0) is 24.3 Å². The maximum absolute atomic E-state index is 6.02. The van der Waals surface area contributed by atoms with Crippen LogP contribution in [0.4, 0.5) is 0 Å². The molecule has 4 aromatic rings. The van der Waals surface area contributed by atoms with E-state index in [-0.39, 0.29) is 0 Å². The van der Waals surface area contributed by atoms with Gasteiger partial charge in [-0.2, -0.15) is 0 Å². The van der Waals surface area contributed by atoms with Gasteiger partial charge in [0.25, 0.3) is 0 Å². The summed E-state index contributed by atoms with van der Waals surface area (Å²) in [4.78, 5) is 4.28. The van der Waals surface area contributed by atoms with Gasteiger partial charge in [0.15, 0.2) is 4.47 Å². The lowest BCUT2D eigenvalue weighted by molar-refractivity contribution is 0.669. The Balaban J connectivity index is 2.23. The number of rotatable bonds is 0. The van der Waals surface area contributed by atoms with Crippen molar-refractivity contribution in [2.24, 2.45) is 0 Å². The molecular formula is C13H5Cl2NOS. The fraction of sp³-hybridized carbons (Fsp3) is 0. The number of thiazole rings is 1. The number of aromatic nitrogens is 1. The summed E-state index contributed by atoms with van der Waals surface area (Å²) in [7, 11) is 0. The van der Waals surface area contributed by atoms with Crippen molar-refractivity contribution in [1.29, 1.82) is 0 Å². The van der Waals surface area contributed by atoms with Crippen molar-refractivity contribution in [3.05, 3.63) is 39.8 Å². The molecule has 0 bridgehead atoms. The molecule has 88 valence electrons. The third kappa shape index (κ3) is 1.45. The van der Waals surface area contributed by atoms with E-state index >= 15 is 0 Å². The molecule has 2 aromatic heterocycles. The predicted molar refractivity (Wildman–Crippen MR) is 76.9 cm³/mol. The van der Waals surface area contributed by atoms with E-state index in [2.05, 4.69) is 4.98 Å². The summed E-state index contributed by atoms with van der Waals surface area (Å²) in [5.74, 6) is 0. The number of hydrogen-bond donors (Lipinski definition) is 0. The topological polar surface area (TPSA) is 26.0 Å². The Kier molecular flexibility index (Phi) is 2.13. The van der Waals surface area contributed by atoms with E-state index in [1.165, 1.54) is 11.3 Å². The molecule has 0 radical (unpaired) electrons. The van der Waals surface area contributed by atoms with Gasteiger partial charge in [-0.15, -0.1) is 11.3 Å². The van der Waals surface area contributed by atoms with E-state index in [0.717, 1.165) is 32.2 Å². The van der Waals surface area contributed by atoms with E-state index in [4.69, 9.17) is 27.6 Å². The molecule has 0 saturated carbocycles. The van der Waals surface area contributed by atoms with E-state index in [0.29, 0.717) is 9.49 Å². The molecular weight excluding hydrogens is 289 g/mol. The molecule has 0 fully saturated rings. The number of furan rings is 1. The number of fused-ring (bicyclic) bond motifs is 4. The lowest BCUT2D eigenvalue weighted by Crippen LogP contribution is -1.69. The SMILES string of the molecule is Clc1ccc2oc3cc4sc(Cl)nc4cc3c2c1. The molecule has 2 nitrogen and oxygen atoms in total. The first-order chi connectivity index (χ1) is 8.70. The second-order valence-electron chi connectivity index (χ2n) is 4.03. The van der Waals surface area contributed by atoms with Gasteiger partial charge in [-0.3, -0.25) is 0 Å². The average Bonchev–Trinajstić information content (AvgIpc) is 2.85. The first-order valence-corrected chi connectivity index (χ1v) is 6.86. The summed E-state index contributed by atoms with van der Waals surface area (Å²) in [5, 5.41) is 2.71. The second kappa shape index (κ2) is 3.60. The van der Waals surface area contributed by atoms with Crippen LogP contribution in [0.3, 0.4) is 0 Å². The van der Waals surface area contributed by atoms with Crippen LogP contribution in [0.25, 0.3) is 32.2 Å². The van der Waals surface area contributed by atoms with Gasteiger partial charge in [0.05, 0.1) is 10.2 Å². The molecule has 0 atom stereocenters. The zero-order valence-corrected chi connectivity index (χ0v) is 11.2. The van der Waals surface area contributed by atoms with Crippen LogP contribution in [0.5, 0.6) is 0 Å². The molecule has 0 saturated heterocycles. The van der Waals surface area contributed by atoms with Crippen molar-refractivity contribution >= 4 is 66.7 Å². The Bertz CT molecular complexity index is 909. The molecule has 0 aliphatic heterocycles. The molecule has 0 spiro atoms. The van der Waals surface area contributed by atoms with Crippen LogP contribution in [-0.4, -0.2) is 4.98 Å². The van der Waals surface area contributed by atoms with Gasteiger partial charge in [0.2, 0.25) is 0 Å². The second-order valence-corrected chi connectivity index (χ2v) is 6.07. The predicted octanol–water partition coefficient (Wildman–Crippen LogP) is 5.50. The van der Waals surface area contributed by atoms with E-state index in [1.807, 2.05) is 30.3 Å². The van der Waals surface area contributed by atoms with Crippen molar-refractivity contribution in [3.8, 4) is 0 Å². The number of nitrogens with zero attached hydrogens (tertiary/aromatic N) is 1. The average molecular weight is 294 g/mol. The minimum absolute atomic E-state index is 0.542. The molecule has 5 heteroatoms. The highest BCUT2D eigenvalue weighted by atomic mass is 35.5. The van der Waals surface area contributed by atoms with Crippen LogP contribution in [0.1, 0.15) is 0 Å². The Morgan fingerprint density at radius 2 is 1.83 bits per heavy atom. The maximum Gasteiger partial charge on any atom is 0.184 e. The Morgan fingerprint density at radius 3 is 2.72 bits per heavy atom. The zero-order valence-electron chi connectivity index (χ0n) is 8.91. The van der Waals surface area contributed by atoms with Gasteiger partial charge < -0.3 is 4.42 Å². The smallest absolute Gasteiger partial charge is 0.184 e. The van der Waals surface area contributed by atoms with E-state index < -0.39 is 0 Å². The number of benzene rings is 2. The summed E-state index contributed by atoms with van der Waals surface area (Å²) < 4.78 is 7.37. The summed E-state index contributed by atoms with van der Waals surface area (Å²) in [6.45, 7) is 0. The van der Waals surface area contributed by atoms with Crippen LogP contribution in [0.2, 0.25) is 9.49 Å². The lowest BCUT2D eigenvalue weighted by Gasteiger charge is -1.90. The Hall–Kier alpha value is -1.29. The third-order valence-electron chi connectivity index (χ3n) is 2.92. The highest BCUT2D eigenvalue weighted by Gasteiger charge is 2.11. The first-order valence-electron chi connectivity index (χ1n) is 5.28. The van der Waals surface area contributed by atoms with E-state index in [9.17, 15) is 0 Å². The van der Waals surface area contributed by atoms with Crippen molar-refractivity contribution in [1.82, 2.24) is 4.98 Å². The van der Waals surface area contributed by atoms with Gasteiger partial charge in [-0.25, -0.2) is 4.98 Å². The van der Waals surface area contributed by atoms with Crippen molar-refractivity contribution in [2.45, 2.75) is 0 Å². The van der Waals surface area contributed by atoms with Gasteiger partial charge in [0.1, 0.15) is 11.2 Å². The monoisotopic (exact) mass is 293 g/mol. The molecule has 0 aliphatic carbocycles. The normalized spacial score (nSPS) is 11.9. The van der Waals surface area contributed by atoms with Crippen LogP contribution in [0.15, 0.2) is 34.7 Å². The fourth-order valence-electron chi connectivity index (χ4n) is 2.14. The fourth-order valence-corrected chi connectivity index (χ4v) is 3.36. The van der Waals surface area contributed by atoms with Crippen LogP contribution >= 0.6 is 34.5 Å². The Labute approximate surface area is 116 Å². The first kappa shape index (κ1) is 10.6. The lowest BCUT2D eigenvalue weighted by atomic mass is 10.1.